The first-order chi connectivity index (χ1) is 9.09. The predicted octanol–water partition coefficient (Wildman–Crippen LogP) is 0.322. The van der Waals surface area contributed by atoms with Crippen LogP contribution in [0.4, 0.5) is 0 Å². The van der Waals surface area contributed by atoms with Crippen molar-refractivity contribution in [2.24, 2.45) is 5.92 Å². The van der Waals surface area contributed by atoms with Gasteiger partial charge in [0.2, 0.25) is 5.91 Å². The summed E-state index contributed by atoms with van der Waals surface area (Å²) in [4.78, 5) is 37.2. The van der Waals surface area contributed by atoms with Crippen LogP contribution in [0.5, 0.6) is 0 Å². The molecule has 1 saturated carbocycles. The lowest BCUT2D eigenvalue weighted by molar-refractivity contribution is -0.157. The lowest BCUT2D eigenvalue weighted by Gasteiger charge is -2.36. The Kier molecular flexibility index (Phi) is 4.39. The number of carbonyl (C=O) groups excluding carboxylic acids is 2. The summed E-state index contributed by atoms with van der Waals surface area (Å²) >= 11 is 0. The maximum absolute atomic E-state index is 12.3. The number of hydrogen-bond donors (Lipinski definition) is 1. The zero-order valence-corrected chi connectivity index (χ0v) is 11.0. The van der Waals surface area contributed by atoms with E-state index in [4.69, 9.17) is 5.11 Å². The Morgan fingerprint density at radius 3 is 1.89 bits per heavy atom. The molecule has 6 heteroatoms. The Morgan fingerprint density at radius 2 is 1.37 bits per heavy atom. The fourth-order valence-electron chi connectivity index (χ4n) is 2.87. The van der Waals surface area contributed by atoms with E-state index < -0.39 is 11.9 Å². The third-order valence-corrected chi connectivity index (χ3v) is 4.02. The summed E-state index contributed by atoms with van der Waals surface area (Å²) in [5, 5.41) is 8.64. The van der Waals surface area contributed by atoms with Gasteiger partial charge in [-0.2, -0.15) is 0 Å². The van der Waals surface area contributed by atoms with Crippen molar-refractivity contribution in [1.29, 1.82) is 0 Å². The lowest BCUT2D eigenvalue weighted by atomic mass is 9.88. The average molecular weight is 268 g/mol. The molecule has 1 saturated heterocycles. The van der Waals surface area contributed by atoms with E-state index in [1.165, 1.54) is 11.3 Å². The number of carboxylic acid groups (broad SMARTS) is 1. The molecule has 0 spiro atoms. The zero-order valence-electron chi connectivity index (χ0n) is 11.0. The van der Waals surface area contributed by atoms with E-state index in [1.54, 1.807) is 4.90 Å². The molecule has 1 aliphatic carbocycles. The highest BCUT2D eigenvalue weighted by molar-refractivity contribution is 6.31. The maximum atomic E-state index is 12.3. The number of nitrogens with zero attached hydrogens (tertiary/aromatic N) is 2. The van der Waals surface area contributed by atoms with Crippen LogP contribution in [0, 0.1) is 5.92 Å². The first-order valence-corrected chi connectivity index (χ1v) is 6.90. The second kappa shape index (κ2) is 6.04. The van der Waals surface area contributed by atoms with E-state index in [1.807, 2.05) is 0 Å². The van der Waals surface area contributed by atoms with Crippen molar-refractivity contribution in [2.75, 3.05) is 26.2 Å². The molecule has 0 aromatic carbocycles. The molecule has 106 valence electrons. The number of hydrogen-bond acceptors (Lipinski definition) is 3. The molecule has 0 unspecified atom stereocenters. The molecule has 6 nitrogen and oxygen atoms in total. The van der Waals surface area contributed by atoms with Gasteiger partial charge < -0.3 is 14.9 Å². The van der Waals surface area contributed by atoms with Gasteiger partial charge in [-0.05, 0) is 12.8 Å². The number of piperazine rings is 1. The normalized spacial score (nSPS) is 21.3. The van der Waals surface area contributed by atoms with Crippen LogP contribution in [-0.2, 0) is 14.4 Å². The van der Waals surface area contributed by atoms with Gasteiger partial charge in [-0.1, -0.05) is 19.3 Å². The van der Waals surface area contributed by atoms with Gasteiger partial charge in [-0.15, -0.1) is 0 Å². The van der Waals surface area contributed by atoms with Gasteiger partial charge in [-0.3, -0.25) is 9.59 Å². The van der Waals surface area contributed by atoms with Gasteiger partial charge in [0.05, 0.1) is 0 Å². The number of aliphatic carboxylic acids is 1. The summed E-state index contributed by atoms with van der Waals surface area (Å²) in [6.45, 7) is 1.55. The molecular weight excluding hydrogens is 248 g/mol. The second-order valence-corrected chi connectivity index (χ2v) is 5.26. The van der Waals surface area contributed by atoms with Crippen LogP contribution in [0.2, 0.25) is 0 Å². The minimum Gasteiger partial charge on any atom is -0.474 e. The summed E-state index contributed by atoms with van der Waals surface area (Å²) in [5.41, 5.74) is 0. The molecule has 2 fully saturated rings. The molecule has 1 aliphatic heterocycles. The molecular formula is C13H20N2O4. The average Bonchev–Trinajstić information content (AvgIpc) is 2.46. The van der Waals surface area contributed by atoms with Gasteiger partial charge in [0.25, 0.3) is 0 Å². The summed E-state index contributed by atoms with van der Waals surface area (Å²) < 4.78 is 0. The molecule has 0 radical (unpaired) electrons. The van der Waals surface area contributed by atoms with Crippen LogP contribution >= 0.6 is 0 Å². The molecule has 19 heavy (non-hydrogen) atoms. The predicted molar refractivity (Wildman–Crippen MR) is 67.4 cm³/mol. The fraction of sp³-hybridized carbons (Fsp3) is 0.769. The van der Waals surface area contributed by atoms with Gasteiger partial charge >= 0.3 is 11.9 Å². The monoisotopic (exact) mass is 268 g/mol. The van der Waals surface area contributed by atoms with E-state index in [-0.39, 0.29) is 11.8 Å². The van der Waals surface area contributed by atoms with Gasteiger partial charge in [-0.25, -0.2) is 4.79 Å². The molecule has 0 atom stereocenters. The standard InChI is InChI=1S/C13H20N2O4/c16-11(10-4-2-1-3-5-10)14-6-8-15(9-7-14)12(17)13(18)19/h10H,1-9H2,(H,18,19). The second-order valence-electron chi connectivity index (χ2n) is 5.26. The Morgan fingerprint density at radius 1 is 0.842 bits per heavy atom. The summed E-state index contributed by atoms with van der Waals surface area (Å²) in [7, 11) is 0. The number of amides is 2. The van der Waals surface area contributed by atoms with E-state index in [0.717, 1.165) is 25.7 Å². The van der Waals surface area contributed by atoms with E-state index in [0.29, 0.717) is 26.2 Å². The van der Waals surface area contributed by atoms with Crippen LogP contribution in [-0.4, -0.2) is 58.9 Å². The molecule has 0 aromatic heterocycles. The van der Waals surface area contributed by atoms with Crippen molar-refractivity contribution >= 4 is 17.8 Å². The van der Waals surface area contributed by atoms with Crippen molar-refractivity contribution in [3.63, 3.8) is 0 Å². The zero-order chi connectivity index (χ0) is 13.8. The molecule has 0 bridgehead atoms. The van der Waals surface area contributed by atoms with Gasteiger partial charge in [0, 0.05) is 32.1 Å². The highest BCUT2D eigenvalue weighted by Crippen LogP contribution is 2.25. The maximum Gasteiger partial charge on any atom is 0.394 e. The minimum atomic E-state index is -1.42. The van der Waals surface area contributed by atoms with Gasteiger partial charge in [0.15, 0.2) is 0 Å². The van der Waals surface area contributed by atoms with Crippen molar-refractivity contribution in [1.82, 2.24) is 9.80 Å². The lowest BCUT2D eigenvalue weighted by Crippen LogP contribution is -2.53. The summed E-state index contributed by atoms with van der Waals surface area (Å²) in [6, 6.07) is 0. The fourth-order valence-corrected chi connectivity index (χ4v) is 2.87. The molecule has 1 heterocycles. The van der Waals surface area contributed by atoms with Gasteiger partial charge in [0.1, 0.15) is 0 Å². The molecule has 0 aromatic rings. The number of carbonyl (C=O) groups is 3. The third kappa shape index (κ3) is 3.24. The van der Waals surface area contributed by atoms with Crippen LogP contribution in [0.3, 0.4) is 0 Å². The van der Waals surface area contributed by atoms with Crippen LogP contribution in [0.1, 0.15) is 32.1 Å². The summed E-state index contributed by atoms with van der Waals surface area (Å²) in [6.07, 6.45) is 5.38. The molecule has 1 N–H and O–H groups in total. The van der Waals surface area contributed by atoms with Crippen LogP contribution in [0.15, 0.2) is 0 Å². The van der Waals surface area contributed by atoms with E-state index >= 15 is 0 Å². The molecule has 2 aliphatic rings. The van der Waals surface area contributed by atoms with Crippen LogP contribution in [0.25, 0.3) is 0 Å². The topological polar surface area (TPSA) is 77.9 Å². The first-order valence-electron chi connectivity index (χ1n) is 6.90. The highest BCUT2D eigenvalue weighted by atomic mass is 16.4. The third-order valence-electron chi connectivity index (χ3n) is 4.02. The summed E-state index contributed by atoms with van der Waals surface area (Å²) in [5.74, 6) is -1.98. The molecule has 2 amide bonds. The molecule has 2 rings (SSSR count). The van der Waals surface area contributed by atoms with E-state index in [9.17, 15) is 14.4 Å². The number of carboxylic acids is 1. The smallest absolute Gasteiger partial charge is 0.394 e. The Hall–Kier alpha value is -1.59. The quantitative estimate of drug-likeness (QED) is 0.695. The SMILES string of the molecule is O=C(O)C(=O)N1CCN(C(=O)C2CCCCC2)CC1. The minimum absolute atomic E-state index is 0.135. The Labute approximate surface area is 112 Å². The van der Waals surface area contributed by atoms with Crippen molar-refractivity contribution in [3.8, 4) is 0 Å². The Bertz CT molecular complexity index is 369. The number of rotatable bonds is 1. The first kappa shape index (κ1) is 13.8. The van der Waals surface area contributed by atoms with Crippen LogP contribution < -0.4 is 0 Å². The van der Waals surface area contributed by atoms with Crippen molar-refractivity contribution in [2.45, 2.75) is 32.1 Å². The van der Waals surface area contributed by atoms with E-state index in [2.05, 4.69) is 0 Å². The Balaban J connectivity index is 1.84. The highest BCUT2D eigenvalue weighted by Gasteiger charge is 2.31. The largest absolute Gasteiger partial charge is 0.474 e. The van der Waals surface area contributed by atoms with Crippen molar-refractivity contribution < 1.29 is 19.5 Å². The van der Waals surface area contributed by atoms with Crippen molar-refractivity contribution in [3.05, 3.63) is 0 Å².